The lowest BCUT2D eigenvalue weighted by Crippen LogP contribution is -2.17. The van der Waals surface area contributed by atoms with Gasteiger partial charge in [0.2, 0.25) is 5.91 Å². The van der Waals surface area contributed by atoms with Crippen molar-refractivity contribution >= 4 is 28.9 Å². The van der Waals surface area contributed by atoms with Gasteiger partial charge in [-0.25, -0.2) is 0 Å². The van der Waals surface area contributed by atoms with Gasteiger partial charge in [-0.2, -0.15) is 0 Å². The molecular weight excluding hydrogens is 368 g/mol. The van der Waals surface area contributed by atoms with Crippen LogP contribution in [0.3, 0.4) is 0 Å². The molecule has 1 amide bonds. The lowest BCUT2D eigenvalue weighted by Gasteiger charge is -2.15. The minimum absolute atomic E-state index is 0.0251. The number of hydrogen-bond donors (Lipinski definition) is 2. The molecule has 0 aliphatic heterocycles. The predicted octanol–water partition coefficient (Wildman–Crippen LogP) is 4.59. The van der Waals surface area contributed by atoms with Crippen LogP contribution in [0, 0.1) is 0 Å². The molecule has 2 aromatic carbocycles. The van der Waals surface area contributed by atoms with Crippen molar-refractivity contribution in [3.05, 3.63) is 41.4 Å². The Labute approximate surface area is 164 Å². The molecule has 2 rings (SSSR count). The Morgan fingerprint density at radius 1 is 1.04 bits per heavy atom. The van der Waals surface area contributed by atoms with Crippen molar-refractivity contribution in [2.75, 3.05) is 31.4 Å². The number of ether oxygens (including phenoxy) is 3. The number of hydrogen-bond acceptors (Lipinski definition) is 5. The Morgan fingerprint density at radius 3 is 2.41 bits per heavy atom. The maximum Gasteiger partial charge on any atom is 0.226 e. The molecule has 0 aliphatic rings. The second kappa shape index (κ2) is 9.92. The van der Waals surface area contributed by atoms with Gasteiger partial charge >= 0.3 is 0 Å². The highest BCUT2D eigenvalue weighted by molar-refractivity contribution is 6.32. The second-order valence-electron chi connectivity index (χ2n) is 6.07. The first-order chi connectivity index (χ1) is 12.9. The fraction of sp³-hybridized carbons (Fsp3) is 0.350. The van der Waals surface area contributed by atoms with Crippen LogP contribution in [0.1, 0.15) is 20.3 Å². The summed E-state index contributed by atoms with van der Waals surface area (Å²) in [5.41, 5.74) is 1.36. The van der Waals surface area contributed by atoms with Gasteiger partial charge in [-0.05, 0) is 26.0 Å². The van der Waals surface area contributed by atoms with Crippen molar-refractivity contribution in [1.82, 2.24) is 0 Å². The minimum Gasteiger partial charge on any atom is -0.495 e. The molecule has 0 aromatic heterocycles. The first-order valence-corrected chi connectivity index (χ1v) is 9.03. The van der Waals surface area contributed by atoms with E-state index in [1.54, 1.807) is 26.4 Å². The Bertz CT molecular complexity index is 781. The van der Waals surface area contributed by atoms with Gasteiger partial charge in [-0.15, -0.1) is 0 Å². The van der Waals surface area contributed by atoms with Crippen molar-refractivity contribution in [1.29, 1.82) is 0 Å². The third-order valence-electron chi connectivity index (χ3n) is 3.67. The molecule has 27 heavy (non-hydrogen) atoms. The standard InChI is InChI=1S/C20H25ClN2O4/c1-13(2)27-17-8-6-5-7-15(17)23-20(24)9-10-22-16-12-18(25-3)14(21)11-19(16)26-4/h5-8,11-13,22H,9-10H2,1-4H3,(H,23,24). The van der Waals surface area contributed by atoms with Crippen molar-refractivity contribution in [2.45, 2.75) is 26.4 Å². The van der Waals surface area contributed by atoms with Crippen LogP contribution in [0.4, 0.5) is 11.4 Å². The Morgan fingerprint density at radius 2 is 1.74 bits per heavy atom. The van der Waals surface area contributed by atoms with Gasteiger partial charge in [0, 0.05) is 25.1 Å². The molecule has 7 heteroatoms. The number of methoxy groups -OCH3 is 2. The van der Waals surface area contributed by atoms with Crippen molar-refractivity contribution in [2.24, 2.45) is 0 Å². The molecule has 2 N–H and O–H groups in total. The van der Waals surface area contributed by atoms with Crippen LogP contribution in [0.25, 0.3) is 0 Å². The monoisotopic (exact) mass is 392 g/mol. The largest absolute Gasteiger partial charge is 0.495 e. The van der Waals surface area contributed by atoms with Gasteiger partial charge in [-0.1, -0.05) is 23.7 Å². The minimum atomic E-state index is -0.123. The van der Waals surface area contributed by atoms with Crippen LogP contribution in [0.2, 0.25) is 5.02 Å². The number of carbonyl (C=O) groups is 1. The number of carbonyl (C=O) groups excluding carboxylic acids is 1. The van der Waals surface area contributed by atoms with E-state index < -0.39 is 0 Å². The summed E-state index contributed by atoms with van der Waals surface area (Å²) in [5, 5.41) is 6.51. The molecule has 0 bridgehead atoms. The van der Waals surface area contributed by atoms with Crippen LogP contribution in [-0.4, -0.2) is 32.8 Å². The molecule has 0 spiro atoms. The fourth-order valence-corrected chi connectivity index (χ4v) is 2.68. The zero-order chi connectivity index (χ0) is 19.8. The molecule has 146 valence electrons. The summed E-state index contributed by atoms with van der Waals surface area (Å²) in [5.74, 6) is 1.64. The summed E-state index contributed by atoms with van der Waals surface area (Å²) >= 11 is 6.10. The van der Waals surface area contributed by atoms with Gasteiger partial charge < -0.3 is 24.8 Å². The molecule has 0 radical (unpaired) electrons. The molecular formula is C20H25ClN2O4. The van der Waals surface area contributed by atoms with Crippen LogP contribution in [-0.2, 0) is 4.79 Å². The van der Waals surface area contributed by atoms with Gasteiger partial charge in [0.1, 0.15) is 17.2 Å². The number of rotatable bonds is 9. The summed E-state index contributed by atoms with van der Waals surface area (Å²) in [6.45, 7) is 4.30. The average molecular weight is 393 g/mol. The smallest absolute Gasteiger partial charge is 0.226 e. The van der Waals surface area contributed by atoms with Crippen LogP contribution < -0.4 is 24.8 Å². The van der Waals surface area contributed by atoms with E-state index in [4.69, 9.17) is 25.8 Å². The normalized spacial score (nSPS) is 10.4. The summed E-state index contributed by atoms with van der Waals surface area (Å²) < 4.78 is 16.2. The van der Waals surface area contributed by atoms with Gasteiger partial charge in [0.15, 0.2) is 0 Å². The van der Waals surface area contributed by atoms with Crippen LogP contribution in [0.5, 0.6) is 17.2 Å². The summed E-state index contributed by atoms with van der Waals surface area (Å²) in [6, 6.07) is 10.8. The number of anilines is 2. The highest BCUT2D eigenvalue weighted by Crippen LogP contribution is 2.35. The van der Waals surface area contributed by atoms with E-state index in [1.807, 2.05) is 38.1 Å². The van der Waals surface area contributed by atoms with E-state index in [0.717, 1.165) is 0 Å². The van der Waals surface area contributed by atoms with E-state index in [2.05, 4.69) is 10.6 Å². The average Bonchev–Trinajstić information content (AvgIpc) is 2.63. The topological polar surface area (TPSA) is 68.8 Å². The molecule has 0 saturated heterocycles. The Kier molecular flexibility index (Phi) is 7.61. The number of nitrogens with one attached hydrogen (secondary N) is 2. The molecule has 0 atom stereocenters. The molecule has 0 saturated carbocycles. The number of para-hydroxylation sites is 2. The van der Waals surface area contributed by atoms with E-state index in [1.165, 1.54) is 0 Å². The molecule has 0 aliphatic carbocycles. The SMILES string of the molecule is COc1cc(NCCC(=O)Nc2ccccc2OC(C)C)c(OC)cc1Cl. The number of amides is 1. The molecule has 0 heterocycles. The quantitative estimate of drug-likeness (QED) is 0.653. The zero-order valence-corrected chi connectivity index (χ0v) is 16.7. The summed E-state index contributed by atoms with van der Waals surface area (Å²) in [6.07, 6.45) is 0.293. The van der Waals surface area contributed by atoms with E-state index in [-0.39, 0.29) is 18.4 Å². The van der Waals surface area contributed by atoms with Gasteiger partial charge in [-0.3, -0.25) is 4.79 Å². The van der Waals surface area contributed by atoms with E-state index >= 15 is 0 Å². The van der Waals surface area contributed by atoms with Crippen molar-refractivity contribution in [3.63, 3.8) is 0 Å². The Balaban J connectivity index is 1.96. The maximum absolute atomic E-state index is 12.3. The lowest BCUT2D eigenvalue weighted by molar-refractivity contribution is -0.116. The third-order valence-corrected chi connectivity index (χ3v) is 3.96. The number of benzene rings is 2. The van der Waals surface area contributed by atoms with E-state index in [0.29, 0.717) is 40.2 Å². The molecule has 0 unspecified atom stereocenters. The van der Waals surface area contributed by atoms with Gasteiger partial charge in [0.25, 0.3) is 0 Å². The fourth-order valence-electron chi connectivity index (χ4n) is 2.45. The molecule has 2 aromatic rings. The number of halogens is 1. The zero-order valence-electron chi connectivity index (χ0n) is 16.0. The van der Waals surface area contributed by atoms with Crippen LogP contribution >= 0.6 is 11.6 Å². The molecule has 0 fully saturated rings. The first-order valence-electron chi connectivity index (χ1n) is 8.65. The highest BCUT2D eigenvalue weighted by atomic mass is 35.5. The highest BCUT2D eigenvalue weighted by Gasteiger charge is 2.12. The Hall–Kier alpha value is -2.60. The molecule has 6 nitrogen and oxygen atoms in total. The van der Waals surface area contributed by atoms with Crippen LogP contribution in [0.15, 0.2) is 36.4 Å². The predicted molar refractivity (Wildman–Crippen MR) is 108 cm³/mol. The van der Waals surface area contributed by atoms with Crippen molar-refractivity contribution in [3.8, 4) is 17.2 Å². The summed E-state index contributed by atoms with van der Waals surface area (Å²) in [4.78, 5) is 12.3. The first kappa shape index (κ1) is 20.7. The summed E-state index contributed by atoms with van der Waals surface area (Å²) in [7, 11) is 3.10. The maximum atomic E-state index is 12.3. The third kappa shape index (κ3) is 5.96. The van der Waals surface area contributed by atoms with Crippen molar-refractivity contribution < 1.29 is 19.0 Å². The van der Waals surface area contributed by atoms with E-state index in [9.17, 15) is 4.79 Å². The van der Waals surface area contributed by atoms with Gasteiger partial charge in [0.05, 0.1) is 36.7 Å². The lowest BCUT2D eigenvalue weighted by atomic mass is 10.2. The second-order valence-corrected chi connectivity index (χ2v) is 6.48.